The zero-order chi connectivity index (χ0) is 18.3. The lowest BCUT2D eigenvalue weighted by Crippen LogP contribution is -2.42. The van der Waals surface area contributed by atoms with Crippen LogP contribution in [0, 0.1) is 12.8 Å². The quantitative estimate of drug-likeness (QED) is 0.840. The van der Waals surface area contributed by atoms with Crippen LogP contribution >= 0.6 is 0 Å². The molecule has 1 aromatic rings. The molecule has 0 aromatic heterocycles. The molecular formula is C19H30N2O3S. The largest absolute Gasteiger partial charge is 0.354 e. The Balaban J connectivity index is 1.97. The van der Waals surface area contributed by atoms with Gasteiger partial charge in [0.15, 0.2) is 0 Å². The maximum atomic E-state index is 12.4. The summed E-state index contributed by atoms with van der Waals surface area (Å²) >= 11 is 0. The molecule has 0 atom stereocenters. The van der Waals surface area contributed by atoms with Gasteiger partial charge in [0.1, 0.15) is 6.54 Å². The van der Waals surface area contributed by atoms with Crippen LogP contribution in [-0.4, -0.2) is 33.7 Å². The van der Waals surface area contributed by atoms with Gasteiger partial charge in [0, 0.05) is 6.54 Å². The molecule has 0 heterocycles. The van der Waals surface area contributed by atoms with Gasteiger partial charge in [-0.15, -0.1) is 0 Å². The number of hydrogen-bond donors (Lipinski definition) is 1. The van der Waals surface area contributed by atoms with Crippen LogP contribution in [0.4, 0.5) is 5.69 Å². The highest BCUT2D eigenvalue weighted by molar-refractivity contribution is 7.92. The lowest BCUT2D eigenvalue weighted by atomic mass is 9.91. The van der Waals surface area contributed by atoms with Crippen molar-refractivity contribution in [1.82, 2.24) is 5.32 Å². The summed E-state index contributed by atoms with van der Waals surface area (Å²) in [6, 6.07) is 7.22. The van der Waals surface area contributed by atoms with Gasteiger partial charge >= 0.3 is 0 Å². The lowest BCUT2D eigenvalue weighted by Gasteiger charge is -2.24. The highest BCUT2D eigenvalue weighted by Crippen LogP contribution is 2.23. The molecule has 140 valence electrons. The maximum Gasteiger partial charge on any atom is 0.240 e. The molecule has 1 aliphatic rings. The van der Waals surface area contributed by atoms with Gasteiger partial charge < -0.3 is 5.32 Å². The Morgan fingerprint density at radius 2 is 1.72 bits per heavy atom. The molecule has 1 aromatic carbocycles. The first kappa shape index (κ1) is 19.8. The molecular weight excluding hydrogens is 336 g/mol. The van der Waals surface area contributed by atoms with E-state index in [0.717, 1.165) is 24.7 Å². The van der Waals surface area contributed by atoms with E-state index in [1.165, 1.54) is 36.4 Å². The zero-order valence-electron chi connectivity index (χ0n) is 15.3. The van der Waals surface area contributed by atoms with Crippen LogP contribution in [0.25, 0.3) is 0 Å². The molecule has 25 heavy (non-hydrogen) atoms. The van der Waals surface area contributed by atoms with E-state index >= 15 is 0 Å². The summed E-state index contributed by atoms with van der Waals surface area (Å²) in [4.78, 5) is 12.4. The number of hydrogen-bond acceptors (Lipinski definition) is 3. The minimum absolute atomic E-state index is 0.170. The van der Waals surface area contributed by atoms with E-state index in [0.29, 0.717) is 18.2 Å². The summed E-state index contributed by atoms with van der Waals surface area (Å²) in [7, 11) is -3.52. The Labute approximate surface area is 151 Å². The summed E-state index contributed by atoms with van der Waals surface area (Å²) in [5, 5.41) is 2.95. The zero-order valence-corrected chi connectivity index (χ0v) is 16.1. The molecule has 0 saturated heterocycles. The van der Waals surface area contributed by atoms with Crippen LogP contribution in [0.5, 0.6) is 0 Å². The molecule has 0 spiro atoms. The predicted molar refractivity (Wildman–Crippen MR) is 102 cm³/mol. The maximum absolute atomic E-state index is 12.4. The fourth-order valence-corrected chi connectivity index (χ4v) is 4.33. The van der Waals surface area contributed by atoms with Crippen molar-refractivity contribution in [2.45, 2.75) is 51.9 Å². The topological polar surface area (TPSA) is 66.5 Å². The van der Waals surface area contributed by atoms with Crippen molar-refractivity contribution in [3.8, 4) is 0 Å². The minimum Gasteiger partial charge on any atom is -0.354 e. The Morgan fingerprint density at radius 1 is 1.12 bits per heavy atom. The molecule has 0 aliphatic heterocycles. The van der Waals surface area contributed by atoms with Crippen molar-refractivity contribution >= 4 is 21.6 Å². The average molecular weight is 367 g/mol. The first-order chi connectivity index (χ1) is 11.9. The molecule has 0 bridgehead atoms. The molecule has 0 unspecified atom stereocenters. The molecule has 2 rings (SSSR count). The summed E-state index contributed by atoms with van der Waals surface area (Å²) in [5.41, 5.74) is 1.40. The molecule has 6 heteroatoms. The number of anilines is 1. The van der Waals surface area contributed by atoms with Gasteiger partial charge in [-0.25, -0.2) is 8.42 Å². The second-order valence-electron chi connectivity index (χ2n) is 7.07. The van der Waals surface area contributed by atoms with Crippen LogP contribution in [0.2, 0.25) is 0 Å². The third kappa shape index (κ3) is 6.34. The van der Waals surface area contributed by atoms with Crippen molar-refractivity contribution in [1.29, 1.82) is 0 Å². The number of nitrogens with zero attached hydrogens (tertiary/aromatic N) is 1. The normalized spacial score (nSPS) is 16.7. The molecule has 1 amide bonds. The summed E-state index contributed by atoms with van der Waals surface area (Å²) in [5.74, 6) is 0.269. The number of nitrogens with one attached hydrogen (secondary N) is 1. The Hall–Kier alpha value is -1.56. The number of carbonyl (C=O) groups excluding carboxylic acids is 1. The van der Waals surface area contributed by atoms with E-state index in [1.807, 2.05) is 19.1 Å². The SMILES string of the molecule is Cc1ccccc1N(CC(=O)NCC1CCCCCCC1)S(C)(=O)=O. The first-order valence-corrected chi connectivity index (χ1v) is 11.0. The Morgan fingerprint density at radius 3 is 2.32 bits per heavy atom. The smallest absolute Gasteiger partial charge is 0.240 e. The minimum atomic E-state index is -3.52. The van der Waals surface area contributed by atoms with Gasteiger partial charge in [-0.05, 0) is 37.3 Å². The molecule has 1 aliphatic carbocycles. The molecule has 0 radical (unpaired) electrons. The van der Waals surface area contributed by atoms with E-state index in [1.54, 1.807) is 12.1 Å². The first-order valence-electron chi connectivity index (χ1n) is 9.18. The van der Waals surface area contributed by atoms with Gasteiger partial charge in [-0.3, -0.25) is 9.10 Å². The van der Waals surface area contributed by atoms with E-state index in [9.17, 15) is 13.2 Å². The molecule has 5 nitrogen and oxygen atoms in total. The molecule has 1 N–H and O–H groups in total. The van der Waals surface area contributed by atoms with Gasteiger partial charge in [-0.1, -0.05) is 50.3 Å². The van der Waals surface area contributed by atoms with Crippen LogP contribution in [0.1, 0.15) is 50.5 Å². The van der Waals surface area contributed by atoms with E-state index in [2.05, 4.69) is 5.32 Å². The summed E-state index contributed by atoms with van der Waals surface area (Å²) in [6.45, 7) is 2.32. The van der Waals surface area contributed by atoms with Crippen molar-refractivity contribution in [3.05, 3.63) is 29.8 Å². The van der Waals surface area contributed by atoms with Crippen molar-refractivity contribution in [3.63, 3.8) is 0 Å². The van der Waals surface area contributed by atoms with Gasteiger partial charge in [0.05, 0.1) is 11.9 Å². The van der Waals surface area contributed by atoms with Crippen LogP contribution in [0.3, 0.4) is 0 Å². The number of benzene rings is 1. The highest BCUT2D eigenvalue weighted by Gasteiger charge is 2.22. The van der Waals surface area contributed by atoms with Crippen molar-refractivity contribution in [2.24, 2.45) is 5.92 Å². The van der Waals surface area contributed by atoms with Crippen LogP contribution < -0.4 is 9.62 Å². The monoisotopic (exact) mass is 366 g/mol. The third-order valence-corrected chi connectivity index (χ3v) is 6.01. The number of aryl methyl sites for hydroxylation is 1. The fourth-order valence-electron chi connectivity index (χ4n) is 3.41. The lowest BCUT2D eigenvalue weighted by molar-refractivity contribution is -0.119. The molecule has 1 saturated carbocycles. The van der Waals surface area contributed by atoms with Crippen molar-refractivity contribution < 1.29 is 13.2 Å². The van der Waals surface area contributed by atoms with E-state index in [-0.39, 0.29) is 12.5 Å². The van der Waals surface area contributed by atoms with Gasteiger partial charge in [0.2, 0.25) is 15.9 Å². The standard InChI is InChI=1S/C19H30N2O3S/c1-16-10-8-9-13-18(16)21(25(2,23)24)15-19(22)20-14-17-11-6-4-3-5-7-12-17/h8-10,13,17H,3-7,11-12,14-15H2,1-2H3,(H,20,22). The second kappa shape index (κ2) is 9.22. The second-order valence-corrected chi connectivity index (χ2v) is 8.98. The highest BCUT2D eigenvalue weighted by atomic mass is 32.2. The van der Waals surface area contributed by atoms with Gasteiger partial charge in [0.25, 0.3) is 0 Å². The predicted octanol–water partition coefficient (Wildman–Crippen LogP) is 3.24. The van der Waals surface area contributed by atoms with Gasteiger partial charge in [-0.2, -0.15) is 0 Å². The summed E-state index contributed by atoms with van der Waals surface area (Å²) in [6.07, 6.45) is 9.75. The Bertz CT molecular complexity index is 665. The summed E-state index contributed by atoms with van der Waals surface area (Å²) < 4.78 is 25.5. The van der Waals surface area contributed by atoms with Crippen molar-refractivity contribution in [2.75, 3.05) is 23.7 Å². The fraction of sp³-hybridized carbons (Fsp3) is 0.632. The third-order valence-electron chi connectivity index (χ3n) is 4.88. The number of carbonyl (C=O) groups is 1. The van der Waals surface area contributed by atoms with E-state index < -0.39 is 10.0 Å². The number of sulfonamides is 1. The Kier molecular flexibility index (Phi) is 7.29. The molecule has 1 fully saturated rings. The van der Waals surface area contributed by atoms with Crippen LogP contribution in [0.15, 0.2) is 24.3 Å². The number of rotatable bonds is 6. The van der Waals surface area contributed by atoms with E-state index in [4.69, 9.17) is 0 Å². The number of para-hydroxylation sites is 1. The number of amides is 1. The average Bonchev–Trinajstić information content (AvgIpc) is 2.51. The van der Waals surface area contributed by atoms with Crippen LogP contribution in [-0.2, 0) is 14.8 Å².